The van der Waals surface area contributed by atoms with E-state index in [1.54, 1.807) is 6.20 Å². The van der Waals surface area contributed by atoms with E-state index in [1.165, 1.54) is 11.8 Å². The summed E-state index contributed by atoms with van der Waals surface area (Å²) in [5.41, 5.74) is 0. The Kier molecular flexibility index (Phi) is 4.41. The van der Waals surface area contributed by atoms with Gasteiger partial charge in [0.2, 0.25) is 0 Å². The second-order valence-electron chi connectivity index (χ2n) is 2.29. The van der Waals surface area contributed by atoms with Gasteiger partial charge in [0.1, 0.15) is 5.03 Å². The van der Waals surface area contributed by atoms with Crippen molar-refractivity contribution in [3.05, 3.63) is 11.2 Å². The van der Waals surface area contributed by atoms with Crippen LogP contribution in [0.3, 0.4) is 0 Å². The predicted molar refractivity (Wildman–Crippen MR) is 53.0 cm³/mol. The molecule has 0 fully saturated rings. The van der Waals surface area contributed by atoms with Gasteiger partial charge in [-0.2, -0.15) is 18.3 Å². The summed E-state index contributed by atoms with van der Waals surface area (Å²) in [7, 11) is 0. The Morgan fingerprint density at radius 3 is 2.75 bits per heavy atom. The molecule has 5 nitrogen and oxygen atoms in total. The summed E-state index contributed by atoms with van der Waals surface area (Å²) in [6.45, 7) is -1.43. The summed E-state index contributed by atoms with van der Waals surface area (Å²) >= 11 is 1.49. The van der Waals surface area contributed by atoms with Gasteiger partial charge in [-0.05, 0) is 0 Å². The van der Waals surface area contributed by atoms with Gasteiger partial charge in [0.25, 0.3) is 0 Å². The third kappa shape index (κ3) is 7.10. The average molecular weight is 260 g/mol. The molecular weight excluding hydrogens is 247 g/mol. The van der Waals surface area contributed by atoms with Crippen molar-refractivity contribution in [2.45, 2.75) is 6.18 Å². The molecular formula is C7H10F3N3O2S. The van der Waals surface area contributed by atoms with E-state index >= 15 is 0 Å². The maximum absolute atomic E-state index is 10.6. The summed E-state index contributed by atoms with van der Waals surface area (Å²) in [4.78, 5) is 8.90. The number of hydrogen-bond donors (Lipinski definition) is 2. The molecule has 0 saturated carbocycles. The number of rotatable bonds is 1. The molecule has 1 aliphatic rings. The summed E-state index contributed by atoms with van der Waals surface area (Å²) in [5, 5.41) is 17.5. The van der Waals surface area contributed by atoms with Crippen LogP contribution in [0, 0.1) is 0 Å². The molecule has 0 spiro atoms. The molecule has 0 bridgehead atoms. The lowest BCUT2D eigenvalue weighted by Gasteiger charge is -2.07. The SMILES string of the molecule is O=C(O)C(F)(F)F.[2H]C([2H])([2H])N=NC1=CNCCS1. The molecule has 1 aliphatic heterocycles. The highest BCUT2D eigenvalue weighted by atomic mass is 32.2. The van der Waals surface area contributed by atoms with Gasteiger partial charge < -0.3 is 10.4 Å². The standard InChI is InChI=1S/C5H9N3S.C2HF3O2/c1-6-8-5-4-7-2-3-9-5;3-2(4,5)1(6)7/h4,7H,2-3H2,1H3;(H,6,7)/i1D3;. The Morgan fingerprint density at radius 2 is 2.38 bits per heavy atom. The summed E-state index contributed by atoms with van der Waals surface area (Å²) in [6, 6.07) is 0. The minimum absolute atomic E-state index is 0.623. The van der Waals surface area contributed by atoms with Crippen LogP contribution in [-0.4, -0.2) is 36.5 Å². The maximum Gasteiger partial charge on any atom is 0.490 e. The van der Waals surface area contributed by atoms with Gasteiger partial charge in [0.05, 0.1) is 0 Å². The Balaban J connectivity index is 0.000000399. The molecule has 0 aromatic heterocycles. The van der Waals surface area contributed by atoms with E-state index in [9.17, 15) is 13.2 Å². The van der Waals surface area contributed by atoms with Crippen LogP contribution in [0.5, 0.6) is 0 Å². The van der Waals surface area contributed by atoms with Crippen LogP contribution < -0.4 is 5.32 Å². The van der Waals surface area contributed by atoms with Gasteiger partial charge in [-0.25, -0.2) is 4.79 Å². The highest BCUT2D eigenvalue weighted by molar-refractivity contribution is 8.03. The van der Waals surface area contributed by atoms with Crippen molar-refractivity contribution in [3.63, 3.8) is 0 Å². The number of carboxylic acid groups (broad SMARTS) is 1. The van der Waals surface area contributed by atoms with Crippen LogP contribution in [0.1, 0.15) is 4.11 Å². The van der Waals surface area contributed by atoms with Gasteiger partial charge in [-0.1, -0.05) is 0 Å². The van der Waals surface area contributed by atoms with E-state index in [1.807, 2.05) is 0 Å². The van der Waals surface area contributed by atoms with E-state index in [4.69, 9.17) is 14.0 Å². The first kappa shape index (κ1) is 9.94. The third-order valence-electron chi connectivity index (χ3n) is 1.11. The summed E-state index contributed by atoms with van der Waals surface area (Å²) in [6.07, 6.45) is -3.41. The van der Waals surface area contributed by atoms with E-state index in [0.717, 1.165) is 12.3 Å². The Bertz CT molecular complexity index is 371. The molecule has 0 amide bonds. The molecule has 2 N–H and O–H groups in total. The zero-order valence-electron chi connectivity index (χ0n) is 10.8. The fraction of sp³-hybridized carbons (Fsp3) is 0.571. The largest absolute Gasteiger partial charge is 0.490 e. The second kappa shape index (κ2) is 7.09. The van der Waals surface area contributed by atoms with Gasteiger partial charge in [0, 0.05) is 29.6 Å². The maximum atomic E-state index is 10.6. The van der Waals surface area contributed by atoms with Crippen LogP contribution in [0.15, 0.2) is 21.5 Å². The highest BCUT2D eigenvalue weighted by Gasteiger charge is 2.38. The van der Waals surface area contributed by atoms with E-state index in [0.29, 0.717) is 5.03 Å². The lowest BCUT2D eigenvalue weighted by atomic mass is 10.7. The number of halogens is 3. The van der Waals surface area contributed by atoms with Crippen LogP contribution in [0.25, 0.3) is 0 Å². The van der Waals surface area contributed by atoms with Crippen LogP contribution in [0.2, 0.25) is 0 Å². The number of alkyl halides is 3. The molecule has 0 radical (unpaired) electrons. The molecule has 0 unspecified atom stereocenters. The van der Waals surface area contributed by atoms with Gasteiger partial charge in [-0.15, -0.1) is 16.9 Å². The fourth-order valence-corrected chi connectivity index (χ4v) is 1.22. The van der Waals surface area contributed by atoms with Gasteiger partial charge in [-0.3, -0.25) is 0 Å². The number of hydrogen-bond acceptors (Lipinski definition) is 5. The van der Waals surface area contributed by atoms with E-state index in [2.05, 4.69) is 15.5 Å². The van der Waals surface area contributed by atoms with Crippen LogP contribution in [0.4, 0.5) is 13.2 Å². The quantitative estimate of drug-likeness (QED) is 0.705. The topological polar surface area (TPSA) is 74.0 Å². The number of azo groups is 1. The molecule has 0 saturated heterocycles. The van der Waals surface area contributed by atoms with Crippen molar-refractivity contribution >= 4 is 17.7 Å². The molecule has 0 aromatic carbocycles. The molecule has 16 heavy (non-hydrogen) atoms. The van der Waals surface area contributed by atoms with Crippen molar-refractivity contribution in [1.82, 2.24) is 5.32 Å². The minimum atomic E-state index is -5.08. The molecule has 0 aromatic rings. The molecule has 1 heterocycles. The number of nitrogens with zero attached hydrogens (tertiary/aromatic N) is 2. The Morgan fingerprint density at radius 1 is 1.75 bits per heavy atom. The zero-order chi connectivity index (χ0) is 15.1. The smallest absolute Gasteiger partial charge is 0.475 e. The molecule has 92 valence electrons. The van der Waals surface area contributed by atoms with Crippen LogP contribution in [-0.2, 0) is 4.79 Å². The number of thioether (sulfide) groups is 1. The number of aliphatic carboxylic acids is 1. The average Bonchev–Trinajstić information content (AvgIpc) is 2.26. The predicted octanol–water partition coefficient (Wildman–Crippen LogP) is 1.84. The third-order valence-corrected chi connectivity index (χ3v) is 2.02. The summed E-state index contributed by atoms with van der Waals surface area (Å²) < 4.78 is 52.0. The first-order valence-electron chi connectivity index (χ1n) is 5.32. The lowest BCUT2D eigenvalue weighted by molar-refractivity contribution is -0.192. The monoisotopic (exact) mass is 260 g/mol. The van der Waals surface area contributed by atoms with Crippen molar-refractivity contribution in [2.24, 2.45) is 10.2 Å². The van der Waals surface area contributed by atoms with Crippen molar-refractivity contribution in [1.29, 1.82) is 0 Å². The summed E-state index contributed by atoms with van der Waals surface area (Å²) in [5.74, 6) is -1.86. The number of carboxylic acids is 1. The normalized spacial score (nSPS) is 19.4. The molecule has 1 rings (SSSR count). The van der Waals surface area contributed by atoms with Gasteiger partial charge >= 0.3 is 12.1 Å². The Labute approximate surface area is 98.0 Å². The minimum Gasteiger partial charge on any atom is -0.475 e. The second-order valence-corrected chi connectivity index (χ2v) is 3.40. The van der Waals surface area contributed by atoms with Crippen molar-refractivity contribution in [3.8, 4) is 0 Å². The first-order valence-corrected chi connectivity index (χ1v) is 4.80. The fourth-order valence-electron chi connectivity index (χ4n) is 0.523. The number of carbonyl (C=O) groups is 1. The van der Waals surface area contributed by atoms with Crippen molar-refractivity contribution < 1.29 is 27.2 Å². The van der Waals surface area contributed by atoms with Gasteiger partial charge in [0.15, 0.2) is 0 Å². The molecule has 0 atom stereocenters. The Hall–Kier alpha value is -1.25. The van der Waals surface area contributed by atoms with Crippen molar-refractivity contribution in [2.75, 3.05) is 19.3 Å². The van der Waals surface area contributed by atoms with E-state index < -0.39 is 19.1 Å². The zero-order valence-corrected chi connectivity index (χ0v) is 8.60. The first-order chi connectivity index (χ1) is 8.52. The van der Waals surface area contributed by atoms with Crippen LogP contribution >= 0.6 is 11.8 Å². The molecule has 0 aliphatic carbocycles. The number of nitrogens with one attached hydrogen (secondary N) is 1. The van der Waals surface area contributed by atoms with E-state index in [-0.39, 0.29) is 0 Å². The molecule has 9 heteroatoms. The highest BCUT2D eigenvalue weighted by Crippen LogP contribution is 2.17. The lowest BCUT2D eigenvalue weighted by Crippen LogP contribution is -2.21.